The minimum Gasteiger partial charge on any atom is -0.437 e. The van der Waals surface area contributed by atoms with E-state index in [-0.39, 0.29) is 5.41 Å². The highest BCUT2D eigenvalue weighted by Crippen LogP contribution is 2.54. The Kier molecular flexibility index (Phi) is 7.54. The maximum atomic E-state index is 6.36. The fourth-order valence-corrected chi connectivity index (χ4v) is 9.90. The maximum absolute atomic E-state index is 6.36. The summed E-state index contributed by atoms with van der Waals surface area (Å²) in [5.74, 6) is 0. The van der Waals surface area contributed by atoms with Gasteiger partial charge in [0.05, 0.1) is 16.7 Å². The van der Waals surface area contributed by atoms with Crippen LogP contribution >= 0.6 is 0 Å². The molecule has 1 aliphatic carbocycles. The van der Waals surface area contributed by atoms with Crippen LogP contribution in [0.25, 0.3) is 82.9 Å². The summed E-state index contributed by atoms with van der Waals surface area (Å²) in [6.07, 6.45) is 1.78. The number of para-hydroxylation sites is 3. The molecule has 284 valence electrons. The van der Waals surface area contributed by atoms with E-state index in [2.05, 4.69) is 216 Å². The number of fused-ring (bicyclic) bond motifs is 9. The van der Waals surface area contributed by atoms with E-state index in [9.17, 15) is 0 Å². The number of benzene rings is 8. The predicted molar refractivity (Wildman–Crippen MR) is 249 cm³/mol. The summed E-state index contributed by atoms with van der Waals surface area (Å²) in [5.41, 5.74) is 18.1. The van der Waals surface area contributed by atoms with Gasteiger partial charge in [0.2, 0.25) is 5.71 Å². The Morgan fingerprint density at radius 1 is 0.483 bits per heavy atom. The first kappa shape index (κ1) is 34.4. The smallest absolute Gasteiger partial charge is 0.227 e. The average Bonchev–Trinajstić information content (AvgIpc) is 3.93. The molecule has 4 nitrogen and oxygen atoms in total. The quantitative estimate of drug-likeness (QED) is 0.169. The number of rotatable bonds is 6. The molecule has 8 aromatic carbocycles. The highest BCUT2D eigenvalue weighted by atomic mass is 16.3. The van der Waals surface area contributed by atoms with Gasteiger partial charge >= 0.3 is 0 Å². The van der Waals surface area contributed by atoms with Gasteiger partial charge in [-0.25, -0.2) is 4.98 Å². The third-order valence-electron chi connectivity index (χ3n) is 12.7. The molecule has 0 saturated carbocycles. The van der Waals surface area contributed by atoms with Gasteiger partial charge in [0.15, 0.2) is 0 Å². The minimum absolute atomic E-state index is 0.126. The van der Waals surface area contributed by atoms with Crippen molar-refractivity contribution in [2.45, 2.75) is 19.3 Å². The molecule has 12 rings (SSSR count). The topological polar surface area (TPSA) is 34.2 Å². The van der Waals surface area contributed by atoms with E-state index >= 15 is 0 Å². The lowest BCUT2D eigenvalue weighted by molar-refractivity contribution is 0.655. The van der Waals surface area contributed by atoms with Crippen LogP contribution in [0.4, 0.5) is 17.1 Å². The molecule has 60 heavy (non-hydrogen) atoms. The van der Waals surface area contributed by atoms with Crippen molar-refractivity contribution in [3.63, 3.8) is 0 Å². The molecule has 11 aromatic rings. The zero-order chi connectivity index (χ0) is 40.0. The van der Waals surface area contributed by atoms with Crippen LogP contribution in [-0.2, 0) is 5.41 Å². The van der Waals surface area contributed by atoms with Crippen LogP contribution in [0.2, 0.25) is 0 Å². The first-order valence-electron chi connectivity index (χ1n) is 20.6. The van der Waals surface area contributed by atoms with Gasteiger partial charge < -0.3 is 13.9 Å². The normalized spacial score (nSPS) is 13.0. The second-order valence-electron chi connectivity index (χ2n) is 16.3. The molecular formula is C56H39N3O. The summed E-state index contributed by atoms with van der Waals surface area (Å²) in [4.78, 5) is 6.93. The van der Waals surface area contributed by atoms with Gasteiger partial charge in [-0.05, 0) is 100 Å². The molecule has 0 fully saturated rings. The SMILES string of the molecule is CC1(C)c2ccccc2-c2c(N(c3ccc(-c4cccc5c4oc4ncccc45)cc3)c3ccc(-c4cccc5c4c4ccccc4n5-c4ccccc4)cc3)cccc21. The van der Waals surface area contributed by atoms with Gasteiger partial charge in [0, 0.05) is 61.3 Å². The van der Waals surface area contributed by atoms with E-state index in [1.807, 2.05) is 6.07 Å². The number of furan rings is 1. The van der Waals surface area contributed by atoms with Gasteiger partial charge in [0.1, 0.15) is 5.58 Å². The van der Waals surface area contributed by atoms with Crippen molar-refractivity contribution in [3.05, 3.63) is 211 Å². The first-order chi connectivity index (χ1) is 29.5. The van der Waals surface area contributed by atoms with E-state index in [1.54, 1.807) is 6.20 Å². The first-order valence-corrected chi connectivity index (χ1v) is 20.6. The molecule has 0 saturated heterocycles. The van der Waals surface area contributed by atoms with Crippen molar-refractivity contribution in [2.75, 3.05) is 4.90 Å². The fraction of sp³-hybridized carbons (Fsp3) is 0.0536. The lowest BCUT2D eigenvalue weighted by Crippen LogP contribution is -2.16. The van der Waals surface area contributed by atoms with Gasteiger partial charge in [-0.3, -0.25) is 0 Å². The van der Waals surface area contributed by atoms with Crippen molar-refractivity contribution in [1.29, 1.82) is 0 Å². The molecular weight excluding hydrogens is 731 g/mol. The van der Waals surface area contributed by atoms with Crippen molar-refractivity contribution < 1.29 is 4.42 Å². The lowest BCUT2D eigenvalue weighted by atomic mass is 9.82. The van der Waals surface area contributed by atoms with E-state index in [0.29, 0.717) is 5.71 Å². The van der Waals surface area contributed by atoms with Gasteiger partial charge in [-0.1, -0.05) is 141 Å². The average molecular weight is 770 g/mol. The van der Waals surface area contributed by atoms with E-state index in [0.717, 1.165) is 50.2 Å². The molecule has 0 atom stereocenters. The van der Waals surface area contributed by atoms with Crippen molar-refractivity contribution in [1.82, 2.24) is 9.55 Å². The Morgan fingerprint density at radius 3 is 1.90 bits per heavy atom. The van der Waals surface area contributed by atoms with E-state index < -0.39 is 0 Å². The monoisotopic (exact) mass is 769 g/mol. The summed E-state index contributed by atoms with van der Waals surface area (Å²) in [6, 6.07) is 70.3. The Labute approximate surface area is 348 Å². The van der Waals surface area contributed by atoms with Crippen LogP contribution in [0.5, 0.6) is 0 Å². The predicted octanol–water partition coefficient (Wildman–Crippen LogP) is 15.2. The van der Waals surface area contributed by atoms with Crippen LogP contribution < -0.4 is 4.90 Å². The van der Waals surface area contributed by atoms with Crippen LogP contribution in [0, 0.1) is 0 Å². The number of nitrogens with zero attached hydrogens (tertiary/aromatic N) is 3. The molecule has 0 unspecified atom stereocenters. The second-order valence-corrected chi connectivity index (χ2v) is 16.3. The van der Waals surface area contributed by atoms with Gasteiger partial charge in [-0.2, -0.15) is 0 Å². The molecule has 0 aliphatic heterocycles. The highest BCUT2D eigenvalue weighted by molar-refractivity contribution is 6.16. The standard InChI is InChI=1S/C56H39N3O/c1-56(2)47-22-8-6-16-45(47)53-48(56)23-12-26-51(53)58(40-33-29-37(30-34-40)42-19-10-20-43-44-21-13-35-57-55(44)60-54(42)43)39-31-27-36(28-32-39)41-18-11-25-50-52(41)46-17-7-9-24-49(46)59(50)38-14-4-3-5-15-38/h3-35H,1-2H3. The van der Waals surface area contributed by atoms with Crippen LogP contribution in [0.15, 0.2) is 205 Å². The maximum Gasteiger partial charge on any atom is 0.227 e. The number of pyridine rings is 1. The van der Waals surface area contributed by atoms with Crippen molar-refractivity contribution >= 4 is 60.9 Å². The molecule has 4 heteroatoms. The lowest BCUT2D eigenvalue weighted by Gasteiger charge is -2.29. The molecule has 0 radical (unpaired) electrons. The molecule has 1 aliphatic rings. The largest absolute Gasteiger partial charge is 0.437 e. The van der Waals surface area contributed by atoms with Crippen LogP contribution in [0.3, 0.4) is 0 Å². The molecule has 0 amide bonds. The Hall–Kier alpha value is -7.69. The molecule has 3 heterocycles. The van der Waals surface area contributed by atoms with E-state index in [1.165, 1.54) is 55.2 Å². The third kappa shape index (κ3) is 5.07. The minimum atomic E-state index is -0.126. The van der Waals surface area contributed by atoms with Gasteiger partial charge in [-0.15, -0.1) is 0 Å². The molecule has 0 N–H and O–H groups in total. The number of aromatic nitrogens is 2. The summed E-state index contributed by atoms with van der Waals surface area (Å²) >= 11 is 0. The molecule has 0 bridgehead atoms. The number of hydrogen-bond donors (Lipinski definition) is 0. The summed E-state index contributed by atoms with van der Waals surface area (Å²) in [6.45, 7) is 4.69. The van der Waals surface area contributed by atoms with E-state index in [4.69, 9.17) is 4.42 Å². The summed E-state index contributed by atoms with van der Waals surface area (Å²) in [7, 11) is 0. The van der Waals surface area contributed by atoms with Gasteiger partial charge in [0.25, 0.3) is 0 Å². The third-order valence-corrected chi connectivity index (χ3v) is 12.7. The number of hydrogen-bond acceptors (Lipinski definition) is 3. The van der Waals surface area contributed by atoms with Crippen molar-refractivity contribution in [3.8, 4) is 39.1 Å². The van der Waals surface area contributed by atoms with Crippen LogP contribution in [-0.4, -0.2) is 9.55 Å². The Morgan fingerprint density at radius 2 is 1.08 bits per heavy atom. The zero-order valence-electron chi connectivity index (χ0n) is 33.3. The highest BCUT2D eigenvalue weighted by Gasteiger charge is 2.37. The zero-order valence-corrected chi connectivity index (χ0v) is 33.3. The molecule has 0 spiro atoms. The number of anilines is 3. The fourth-order valence-electron chi connectivity index (χ4n) is 9.90. The van der Waals surface area contributed by atoms with Crippen molar-refractivity contribution in [2.24, 2.45) is 0 Å². The summed E-state index contributed by atoms with van der Waals surface area (Å²) in [5, 5.41) is 4.60. The second kappa shape index (κ2) is 13.2. The Bertz CT molecular complexity index is 3450. The summed E-state index contributed by atoms with van der Waals surface area (Å²) < 4.78 is 8.74. The Balaban J connectivity index is 1.02. The molecule has 3 aromatic heterocycles. The van der Waals surface area contributed by atoms with Crippen LogP contribution in [0.1, 0.15) is 25.0 Å².